The maximum Gasteiger partial charge on any atom is 0.573 e. The number of fused-ring (bicyclic) bond motifs is 1. The Hall–Kier alpha value is -1.78. The molecule has 1 aromatic carbocycles. The van der Waals surface area contributed by atoms with Gasteiger partial charge in [0.25, 0.3) is 0 Å². The van der Waals surface area contributed by atoms with Crippen LogP contribution < -0.4 is 4.74 Å². The zero-order valence-corrected chi connectivity index (χ0v) is 9.30. The molecule has 5 heteroatoms. The zero-order chi connectivity index (χ0) is 12.6. The SMILES string of the molecule is Cc1cc(C)c2cc(OC(F)(F)F)ccc2n1. The molecule has 2 nitrogen and oxygen atoms in total. The van der Waals surface area contributed by atoms with Gasteiger partial charge in [0.15, 0.2) is 0 Å². The summed E-state index contributed by atoms with van der Waals surface area (Å²) in [6.07, 6.45) is -4.67. The van der Waals surface area contributed by atoms with Gasteiger partial charge in [0.05, 0.1) is 5.52 Å². The predicted molar refractivity (Wildman–Crippen MR) is 57.9 cm³/mol. The first-order valence-corrected chi connectivity index (χ1v) is 4.99. The minimum atomic E-state index is -4.67. The average molecular weight is 241 g/mol. The molecule has 0 aliphatic carbocycles. The van der Waals surface area contributed by atoms with Gasteiger partial charge in [0, 0.05) is 11.1 Å². The third-order valence-corrected chi connectivity index (χ3v) is 2.35. The number of pyridine rings is 1. The van der Waals surface area contributed by atoms with Gasteiger partial charge in [-0.3, -0.25) is 4.98 Å². The van der Waals surface area contributed by atoms with E-state index < -0.39 is 6.36 Å². The number of rotatable bonds is 1. The van der Waals surface area contributed by atoms with Gasteiger partial charge >= 0.3 is 6.36 Å². The van der Waals surface area contributed by atoms with E-state index in [0.717, 1.165) is 11.3 Å². The van der Waals surface area contributed by atoms with Crippen molar-refractivity contribution in [2.75, 3.05) is 0 Å². The van der Waals surface area contributed by atoms with E-state index in [9.17, 15) is 13.2 Å². The fourth-order valence-corrected chi connectivity index (χ4v) is 1.74. The Labute approximate surface area is 96.0 Å². The summed E-state index contributed by atoms with van der Waals surface area (Å²) in [4.78, 5) is 4.24. The van der Waals surface area contributed by atoms with Crippen molar-refractivity contribution in [2.45, 2.75) is 20.2 Å². The van der Waals surface area contributed by atoms with Crippen molar-refractivity contribution in [3.05, 3.63) is 35.5 Å². The quantitative estimate of drug-likeness (QED) is 0.758. The highest BCUT2D eigenvalue weighted by Crippen LogP contribution is 2.27. The van der Waals surface area contributed by atoms with E-state index in [0.29, 0.717) is 10.9 Å². The van der Waals surface area contributed by atoms with Gasteiger partial charge in [0.2, 0.25) is 0 Å². The Balaban J connectivity index is 2.51. The van der Waals surface area contributed by atoms with E-state index in [2.05, 4.69) is 9.72 Å². The molecule has 0 aliphatic rings. The number of aryl methyl sites for hydroxylation is 2. The summed E-state index contributed by atoms with van der Waals surface area (Å²) in [5.74, 6) is -0.223. The van der Waals surface area contributed by atoms with Crippen LogP contribution in [-0.4, -0.2) is 11.3 Å². The van der Waals surface area contributed by atoms with Crippen LogP contribution in [0.4, 0.5) is 13.2 Å². The number of aromatic nitrogens is 1. The lowest BCUT2D eigenvalue weighted by Gasteiger charge is -2.10. The number of ether oxygens (including phenoxy) is 1. The van der Waals surface area contributed by atoms with Crippen molar-refractivity contribution in [1.29, 1.82) is 0 Å². The minimum Gasteiger partial charge on any atom is -0.406 e. The fourth-order valence-electron chi connectivity index (χ4n) is 1.74. The van der Waals surface area contributed by atoms with E-state index in [4.69, 9.17) is 0 Å². The van der Waals surface area contributed by atoms with Crippen molar-refractivity contribution >= 4 is 10.9 Å². The van der Waals surface area contributed by atoms with Gasteiger partial charge in [-0.2, -0.15) is 0 Å². The molecule has 0 atom stereocenters. The molecule has 90 valence electrons. The average Bonchev–Trinajstić information content (AvgIpc) is 2.16. The first-order valence-electron chi connectivity index (χ1n) is 4.99. The fraction of sp³-hybridized carbons (Fsp3) is 0.250. The lowest BCUT2D eigenvalue weighted by molar-refractivity contribution is -0.274. The van der Waals surface area contributed by atoms with Gasteiger partial charge in [0.1, 0.15) is 5.75 Å². The molecule has 0 spiro atoms. The highest BCUT2D eigenvalue weighted by Gasteiger charge is 2.31. The lowest BCUT2D eigenvalue weighted by Crippen LogP contribution is -2.17. The third kappa shape index (κ3) is 2.67. The Morgan fingerprint density at radius 3 is 2.47 bits per heavy atom. The molecule has 0 amide bonds. The van der Waals surface area contributed by atoms with Gasteiger partial charge < -0.3 is 4.74 Å². The number of benzene rings is 1. The Morgan fingerprint density at radius 1 is 1.12 bits per heavy atom. The summed E-state index contributed by atoms with van der Waals surface area (Å²) in [6.45, 7) is 3.67. The molecule has 0 fully saturated rings. The molecule has 0 saturated heterocycles. The standard InChI is InChI=1S/C12H10F3NO/c1-7-5-8(2)16-11-4-3-9(6-10(7)11)17-12(13,14)15/h3-6H,1-2H3. The van der Waals surface area contributed by atoms with Crippen molar-refractivity contribution in [3.63, 3.8) is 0 Å². The highest BCUT2D eigenvalue weighted by molar-refractivity contribution is 5.83. The summed E-state index contributed by atoms with van der Waals surface area (Å²) in [6, 6.07) is 5.96. The first-order chi connectivity index (χ1) is 7.85. The number of hydrogen-bond donors (Lipinski definition) is 0. The van der Waals surface area contributed by atoms with E-state index in [1.165, 1.54) is 18.2 Å². The maximum absolute atomic E-state index is 12.1. The zero-order valence-electron chi connectivity index (χ0n) is 9.30. The molecular weight excluding hydrogens is 231 g/mol. The number of nitrogens with zero attached hydrogens (tertiary/aromatic N) is 1. The van der Waals surface area contributed by atoms with Gasteiger partial charge in [-0.1, -0.05) is 0 Å². The van der Waals surface area contributed by atoms with Crippen LogP contribution in [0.25, 0.3) is 10.9 Å². The first kappa shape index (κ1) is 11.7. The van der Waals surface area contributed by atoms with Crippen LogP contribution in [0.15, 0.2) is 24.3 Å². The van der Waals surface area contributed by atoms with Crippen LogP contribution in [0.1, 0.15) is 11.3 Å². The molecule has 17 heavy (non-hydrogen) atoms. The molecule has 2 rings (SSSR count). The molecule has 0 radical (unpaired) electrons. The minimum absolute atomic E-state index is 0.223. The number of hydrogen-bond acceptors (Lipinski definition) is 2. The molecular formula is C12H10F3NO. The third-order valence-electron chi connectivity index (χ3n) is 2.35. The van der Waals surface area contributed by atoms with Crippen LogP contribution in [0.2, 0.25) is 0 Å². The van der Waals surface area contributed by atoms with Gasteiger partial charge in [-0.25, -0.2) is 0 Å². The lowest BCUT2D eigenvalue weighted by atomic mass is 10.1. The van der Waals surface area contributed by atoms with E-state index in [-0.39, 0.29) is 5.75 Å². The maximum atomic E-state index is 12.1. The number of alkyl halides is 3. The van der Waals surface area contributed by atoms with Crippen LogP contribution in [0.5, 0.6) is 5.75 Å². The molecule has 2 aromatic rings. The predicted octanol–water partition coefficient (Wildman–Crippen LogP) is 3.75. The molecule has 1 aromatic heterocycles. The summed E-state index contributed by atoms with van der Waals surface area (Å²) in [5, 5.41) is 0.664. The van der Waals surface area contributed by atoms with E-state index in [1.54, 1.807) is 0 Å². The van der Waals surface area contributed by atoms with Crippen molar-refractivity contribution in [3.8, 4) is 5.75 Å². The monoisotopic (exact) mass is 241 g/mol. The molecule has 0 aliphatic heterocycles. The molecule has 0 saturated carbocycles. The van der Waals surface area contributed by atoms with Crippen LogP contribution in [-0.2, 0) is 0 Å². The van der Waals surface area contributed by atoms with E-state index >= 15 is 0 Å². The smallest absolute Gasteiger partial charge is 0.406 e. The highest BCUT2D eigenvalue weighted by atomic mass is 19.4. The largest absolute Gasteiger partial charge is 0.573 e. The summed E-state index contributed by atoms with van der Waals surface area (Å²) in [7, 11) is 0. The molecule has 0 bridgehead atoms. The number of halogens is 3. The molecule has 1 heterocycles. The topological polar surface area (TPSA) is 22.1 Å². The normalized spacial score (nSPS) is 11.8. The Morgan fingerprint density at radius 2 is 1.82 bits per heavy atom. The molecule has 0 N–H and O–H groups in total. The van der Waals surface area contributed by atoms with Crippen LogP contribution in [0.3, 0.4) is 0 Å². The van der Waals surface area contributed by atoms with Gasteiger partial charge in [-0.15, -0.1) is 13.2 Å². The van der Waals surface area contributed by atoms with Crippen molar-refractivity contribution in [2.24, 2.45) is 0 Å². The van der Waals surface area contributed by atoms with Crippen molar-refractivity contribution in [1.82, 2.24) is 4.98 Å². The summed E-state index contributed by atoms with van der Waals surface area (Å²) in [5.41, 5.74) is 2.37. The second-order valence-electron chi connectivity index (χ2n) is 3.81. The van der Waals surface area contributed by atoms with Crippen molar-refractivity contribution < 1.29 is 17.9 Å². The summed E-state index contributed by atoms with van der Waals surface area (Å²) < 4.78 is 40.1. The molecule has 0 unspecified atom stereocenters. The Bertz CT molecular complexity index is 563. The second kappa shape index (κ2) is 3.91. The summed E-state index contributed by atoms with van der Waals surface area (Å²) >= 11 is 0. The van der Waals surface area contributed by atoms with E-state index in [1.807, 2.05) is 19.9 Å². The second-order valence-corrected chi connectivity index (χ2v) is 3.81. The van der Waals surface area contributed by atoms with Gasteiger partial charge in [-0.05, 0) is 43.7 Å². The van der Waals surface area contributed by atoms with Crippen LogP contribution >= 0.6 is 0 Å². The Kier molecular flexibility index (Phi) is 2.69. The van der Waals surface area contributed by atoms with Crippen LogP contribution in [0, 0.1) is 13.8 Å².